The zero-order valence-electron chi connectivity index (χ0n) is 12.2. The fraction of sp³-hybridized carbons (Fsp3) is 0.333. The van der Waals surface area contributed by atoms with E-state index in [9.17, 15) is 0 Å². The molecule has 7 nitrogen and oxygen atoms in total. The molecule has 1 fully saturated rings. The lowest BCUT2D eigenvalue weighted by molar-refractivity contribution is 0.502. The maximum atomic E-state index is 5.60. The highest BCUT2D eigenvalue weighted by molar-refractivity contribution is 5.31. The van der Waals surface area contributed by atoms with Crippen LogP contribution in [0.2, 0.25) is 0 Å². The third-order valence-corrected chi connectivity index (χ3v) is 3.68. The van der Waals surface area contributed by atoms with Gasteiger partial charge < -0.3 is 9.73 Å². The highest BCUT2D eigenvalue weighted by atomic mass is 16.4. The molecule has 1 atom stereocenters. The summed E-state index contributed by atoms with van der Waals surface area (Å²) in [6.45, 7) is 1.99. The Morgan fingerprint density at radius 1 is 1.18 bits per heavy atom. The Bertz CT molecular complexity index is 761. The van der Waals surface area contributed by atoms with Crippen LogP contribution in [0.1, 0.15) is 43.3 Å². The third-order valence-electron chi connectivity index (χ3n) is 3.68. The number of nitrogens with zero attached hydrogens (tertiary/aromatic N) is 5. The lowest BCUT2D eigenvalue weighted by Crippen LogP contribution is -2.07. The molecule has 0 amide bonds. The highest BCUT2D eigenvalue weighted by Gasteiger charge is 2.29. The minimum absolute atomic E-state index is 0.0648. The Labute approximate surface area is 127 Å². The van der Waals surface area contributed by atoms with Crippen LogP contribution in [0.4, 0.5) is 6.01 Å². The molecule has 1 aromatic carbocycles. The molecule has 112 valence electrons. The molecule has 0 saturated heterocycles. The quantitative estimate of drug-likeness (QED) is 0.779. The summed E-state index contributed by atoms with van der Waals surface area (Å²) < 4.78 is 7.35. The smallest absolute Gasteiger partial charge is 0.316 e. The van der Waals surface area contributed by atoms with E-state index in [1.807, 2.05) is 43.5 Å². The molecule has 0 bridgehead atoms. The minimum Gasteiger partial charge on any atom is -0.408 e. The van der Waals surface area contributed by atoms with Gasteiger partial charge in [0.2, 0.25) is 5.89 Å². The number of aromatic nitrogens is 5. The van der Waals surface area contributed by atoms with Gasteiger partial charge in [0.25, 0.3) is 0 Å². The van der Waals surface area contributed by atoms with Crippen LogP contribution in [0.25, 0.3) is 5.69 Å². The second-order valence-electron chi connectivity index (χ2n) is 5.51. The summed E-state index contributed by atoms with van der Waals surface area (Å²) in [7, 11) is 0. The first kappa shape index (κ1) is 13.0. The van der Waals surface area contributed by atoms with Gasteiger partial charge in [0.1, 0.15) is 5.69 Å². The molecule has 22 heavy (non-hydrogen) atoms. The Morgan fingerprint density at radius 3 is 2.77 bits per heavy atom. The monoisotopic (exact) mass is 296 g/mol. The predicted molar refractivity (Wildman–Crippen MR) is 79.7 cm³/mol. The Kier molecular flexibility index (Phi) is 3.10. The van der Waals surface area contributed by atoms with E-state index >= 15 is 0 Å². The second-order valence-corrected chi connectivity index (χ2v) is 5.51. The predicted octanol–water partition coefficient (Wildman–Crippen LogP) is 2.70. The number of para-hydroxylation sites is 1. The van der Waals surface area contributed by atoms with Crippen LogP contribution in [0.15, 0.2) is 40.9 Å². The van der Waals surface area contributed by atoms with Crippen molar-refractivity contribution in [3.8, 4) is 5.69 Å². The molecule has 4 rings (SSSR count). The largest absolute Gasteiger partial charge is 0.408 e. The standard InChI is InChI=1S/C15H16N6O/c1-10(16-15-19-18-14(22-15)11-7-8-11)13-9-21(20-17-13)12-5-3-2-4-6-12/h2-6,9-11H,7-8H2,1H3,(H,16,19)/t10-/m0/s1. The summed E-state index contributed by atoms with van der Waals surface area (Å²) in [5.41, 5.74) is 1.79. The molecule has 0 spiro atoms. The van der Waals surface area contributed by atoms with Gasteiger partial charge in [0.05, 0.1) is 17.9 Å². The van der Waals surface area contributed by atoms with Crippen molar-refractivity contribution in [2.24, 2.45) is 0 Å². The van der Waals surface area contributed by atoms with Crippen LogP contribution in [-0.4, -0.2) is 25.2 Å². The summed E-state index contributed by atoms with van der Waals surface area (Å²) in [4.78, 5) is 0. The summed E-state index contributed by atoms with van der Waals surface area (Å²) in [6, 6.07) is 10.2. The van der Waals surface area contributed by atoms with Crippen LogP contribution in [0.5, 0.6) is 0 Å². The van der Waals surface area contributed by atoms with E-state index in [0.29, 0.717) is 11.9 Å². The first-order valence-electron chi connectivity index (χ1n) is 7.37. The Balaban J connectivity index is 1.48. The first-order chi connectivity index (χ1) is 10.8. The van der Waals surface area contributed by atoms with Crippen molar-refractivity contribution in [3.05, 3.63) is 48.1 Å². The molecular formula is C15H16N6O. The van der Waals surface area contributed by atoms with E-state index in [4.69, 9.17) is 4.42 Å². The molecule has 1 saturated carbocycles. The molecule has 1 aliphatic rings. The lowest BCUT2D eigenvalue weighted by Gasteiger charge is -2.07. The molecular weight excluding hydrogens is 280 g/mol. The Hall–Kier alpha value is -2.70. The molecule has 1 N–H and O–H groups in total. The number of benzene rings is 1. The van der Waals surface area contributed by atoms with Crippen molar-refractivity contribution < 1.29 is 4.42 Å². The molecule has 3 aromatic rings. The first-order valence-corrected chi connectivity index (χ1v) is 7.37. The molecule has 0 unspecified atom stereocenters. The van der Waals surface area contributed by atoms with Crippen LogP contribution < -0.4 is 5.32 Å². The van der Waals surface area contributed by atoms with Gasteiger partial charge in [-0.1, -0.05) is 28.5 Å². The van der Waals surface area contributed by atoms with Gasteiger partial charge in [-0.05, 0) is 31.9 Å². The van der Waals surface area contributed by atoms with Crippen molar-refractivity contribution in [1.82, 2.24) is 25.2 Å². The molecule has 0 radical (unpaired) electrons. The van der Waals surface area contributed by atoms with Crippen molar-refractivity contribution in [1.29, 1.82) is 0 Å². The van der Waals surface area contributed by atoms with Crippen molar-refractivity contribution in [3.63, 3.8) is 0 Å². The molecule has 0 aliphatic heterocycles. The van der Waals surface area contributed by atoms with Crippen molar-refractivity contribution in [2.45, 2.75) is 31.7 Å². The number of hydrogen-bond donors (Lipinski definition) is 1. The highest BCUT2D eigenvalue weighted by Crippen LogP contribution is 2.39. The fourth-order valence-corrected chi connectivity index (χ4v) is 2.23. The van der Waals surface area contributed by atoms with Crippen molar-refractivity contribution >= 4 is 6.01 Å². The van der Waals surface area contributed by atoms with Gasteiger partial charge in [0, 0.05) is 5.92 Å². The minimum atomic E-state index is -0.0648. The van der Waals surface area contributed by atoms with E-state index in [1.165, 1.54) is 0 Å². The number of rotatable bonds is 5. The summed E-state index contributed by atoms with van der Waals surface area (Å²) in [5, 5.41) is 19.6. The second kappa shape index (κ2) is 5.25. The average molecular weight is 296 g/mol. The van der Waals surface area contributed by atoms with Gasteiger partial charge in [-0.15, -0.1) is 10.2 Å². The molecule has 2 heterocycles. The SMILES string of the molecule is C[C@H](Nc1nnc(C2CC2)o1)c1cn(-c2ccccc2)nn1. The van der Waals surface area contributed by atoms with Gasteiger partial charge in [-0.2, -0.15) is 0 Å². The van der Waals surface area contributed by atoms with Gasteiger partial charge >= 0.3 is 6.01 Å². The van der Waals surface area contributed by atoms with Crippen LogP contribution >= 0.6 is 0 Å². The fourth-order valence-electron chi connectivity index (χ4n) is 2.23. The maximum Gasteiger partial charge on any atom is 0.316 e. The summed E-state index contributed by atoms with van der Waals surface area (Å²) in [6.07, 6.45) is 4.18. The van der Waals surface area contributed by atoms with Crippen molar-refractivity contribution in [2.75, 3.05) is 5.32 Å². The normalized spacial score (nSPS) is 15.7. The molecule has 7 heteroatoms. The van der Waals surface area contributed by atoms with Crippen LogP contribution in [0, 0.1) is 0 Å². The van der Waals surface area contributed by atoms with Gasteiger partial charge in [0.15, 0.2) is 0 Å². The number of anilines is 1. The topological polar surface area (TPSA) is 81.7 Å². The van der Waals surface area contributed by atoms with E-state index in [0.717, 1.165) is 30.1 Å². The van der Waals surface area contributed by atoms with Crippen LogP contribution in [-0.2, 0) is 0 Å². The molecule has 2 aromatic heterocycles. The maximum absolute atomic E-state index is 5.60. The van der Waals surface area contributed by atoms with Gasteiger partial charge in [-0.25, -0.2) is 4.68 Å². The third kappa shape index (κ3) is 2.57. The van der Waals surface area contributed by atoms with E-state index in [1.54, 1.807) is 4.68 Å². The summed E-state index contributed by atoms with van der Waals surface area (Å²) in [5.74, 6) is 1.18. The molecule has 1 aliphatic carbocycles. The number of hydrogen-bond acceptors (Lipinski definition) is 6. The van der Waals surface area contributed by atoms with E-state index in [-0.39, 0.29) is 6.04 Å². The van der Waals surface area contributed by atoms with E-state index in [2.05, 4.69) is 25.8 Å². The van der Waals surface area contributed by atoms with E-state index < -0.39 is 0 Å². The number of nitrogens with one attached hydrogen (secondary N) is 1. The zero-order valence-corrected chi connectivity index (χ0v) is 12.2. The van der Waals surface area contributed by atoms with Gasteiger partial charge in [-0.3, -0.25) is 0 Å². The Morgan fingerprint density at radius 2 is 2.00 bits per heavy atom. The zero-order chi connectivity index (χ0) is 14.9. The average Bonchev–Trinajstić information content (AvgIpc) is 3.10. The summed E-state index contributed by atoms with van der Waals surface area (Å²) >= 11 is 0. The van der Waals surface area contributed by atoms with Crippen LogP contribution in [0.3, 0.4) is 0 Å². The lowest BCUT2D eigenvalue weighted by atomic mass is 10.2.